The molecule has 0 aromatic heterocycles. The summed E-state index contributed by atoms with van der Waals surface area (Å²) >= 11 is 3.43. The van der Waals surface area contributed by atoms with E-state index in [2.05, 4.69) is 20.8 Å². The molecular weight excluding hydrogens is 282 g/mol. The third-order valence-corrected chi connectivity index (χ3v) is 3.65. The lowest BCUT2D eigenvalue weighted by Crippen LogP contribution is -2.41. The van der Waals surface area contributed by atoms with Crippen molar-refractivity contribution in [2.45, 2.75) is 12.8 Å². The fourth-order valence-electron chi connectivity index (χ4n) is 2.22. The Balaban J connectivity index is 2.21. The molecule has 5 heteroatoms. The molecule has 0 radical (unpaired) electrons. The first-order chi connectivity index (χ1) is 8.08. The first-order valence-electron chi connectivity index (χ1n) is 5.67. The van der Waals surface area contributed by atoms with Crippen molar-refractivity contribution >= 4 is 33.2 Å². The molecule has 1 amide bonds. The Morgan fingerprint density at radius 2 is 2.24 bits per heavy atom. The van der Waals surface area contributed by atoms with Crippen LogP contribution >= 0.6 is 15.9 Å². The minimum Gasteiger partial charge on any atom is -0.397 e. The van der Waals surface area contributed by atoms with E-state index in [1.54, 1.807) is 0 Å². The van der Waals surface area contributed by atoms with Gasteiger partial charge in [-0.3, -0.25) is 4.79 Å². The summed E-state index contributed by atoms with van der Waals surface area (Å²) in [6.45, 7) is 1.58. The van der Waals surface area contributed by atoms with Crippen LogP contribution in [0.2, 0.25) is 0 Å². The third-order valence-electron chi connectivity index (χ3n) is 3.16. The van der Waals surface area contributed by atoms with Gasteiger partial charge in [0, 0.05) is 17.6 Å². The second-order valence-electron chi connectivity index (χ2n) is 4.39. The van der Waals surface area contributed by atoms with Crippen molar-refractivity contribution in [1.29, 1.82) is 0 Å². The minimum absolute atomic E-state index is 0.0675. The molecule has 0 bridgehead atoms. The molecule has 4 nitrogen and oxygen atoms in total. The van der Waals surface area contributed by atoms with Gasteiger partial charge in [0.05, 0.1) is 17.3 Å². The smallest absolute Gasteiger partial charge is 0.222 e. The van der Waals surface area contributed by atoms with Crippen LogP contribution in [0.5, 0.6) is 0 Å². The Kier molecular flexibility index (Phi) is 3.57. The largest absolute Gasteiger partial charge is 0.397 e. The fourth-order valence-corrected chi connectivity index (χ4v) is 2.57. The summed E-state index contributed by atoms with van der Waals surface area (Å²) in [6.07, 6.45) is 1.85. The van der Waals surface area contributed by atoms with Crippen LogP contribution in [-0.4, -0.2) is 19.0 Å². The van der Waals surface area contributed by atoms with Crippen molar-refractivity contribution in [3.63, 3.8) is 0 Å². The van der Waals surface area contributed by atoms with Crippen LogP contribution in [-0.2, 0) is 4.79 Å². The van der Waals surface area contributed by atoms with Crippen molar-refractivity contribution in [3.8, 4) is 0 Å². The van der Waals surface area contributed by atoms with E-state index < -0.39 is 0 Å². The van der Waals surface area contributed by atoms with Gasteiger partial charge in [0.2, 0.25) is 5.91 Å². The molecule has 1 heterocycles. The highest BCUT2D eigenvalue weighted by molar-refractivity contribution is 9.10. The van der Waals surface area contributed by atoms with E-state index in [0.29, 0.717) is 6.54 Å². The maximum atomic E-state index is 11.2. The van der Waals surface area contributed by atoms with Crippen LogP contribution in [0.3, 0.4) is 0 Å². The second kappa shape index (κ2) is 4.96. The Labute approximate surface area is 109 Å². The van der Waals surface area contributed by atoms with Crippen molar-refractivity contribution in [2.75, 3.05) is 23.7 Å². The van der Waals surface area contributed by atoms with E-state index >= 15 is 0 Å². The molecule has 1 aromatic rings. The third kappa shape index (κ3) is 2.72. The molecule has 0 saturated carbocycles. The van der Waals surface area contributed by atoms with Crippen molar-refractivity contribution in [2.24, 2.45) is 11.7 Å². The molecule has 2 rings (SSSR count). The molecule has 1 atom stereocenters. The highest BCUT2D eigenvalue weighted by atomic mass is 79.9. The van der Waals surface area contributed by atoms with Gasteiger partial charge in [-0.15, -0.1) is 0 Å². The second-order valence-corrected chi connectivity index (χ2v) is 5.31. The molecule has 0 aliphatic carbocycles. The number of amides is 1. The summed E-state index contributed by atoms with van der Waals surface area (Å²) in [5, 5.41) is 0. The normalized spacial score (nSPS) is 20.3. The van der Waals surface area contributed by atoms with Gasteiger partial charge in [0.25, 0.3) is 0 Å². The molecule has 1 saturated heterocycles. The predicted octanol–water partition coefficient (Wildman–Crippen LogP) is 1.73. The molecule has 0 spiro atoms. The van der Waals surface area contributed by atoms with Crippen molar-refractivity contribution < 1.29 is 4.79 Å². The first kappa shape index (κ1) is 12.2. The van der Waals surface area contributed by atoms with Gasteiger partial charge in [-0.05, 0) is 31.0 Å². The summed E-state index contributed by atoms with van der Waals surface area (Å²) in [5.74, 6) is -0.287. The van der Waals surface area contributed by atoms with E-state index in [0.717, 1.165) is 35.2 Å². The van der Waals surface area contributed by atoms with Gasteiger partial charge in [-0.25, -0.2) is 0 Å². The lowest BCUT2D eigenvalue weighted by Gasteiger charge is -2.33. The van der Waals surface area contributed by atoms with Crippen LogP contribution in [0, 0.1) is 5.92 Å². The molecule has 1 aliphatic heterocycles. The fraction of sp³-hybridized carbons (Fsp3) is 0.417. The summed E-state index contributed by atoms with van der Waals surface area (Å²) in [6, 6.07) is 5.76. The molecular formula is C12H16BrN3O. The van der Waals surface area contributed by atoms with E-state index in [4.69, 9.17) is 11.5 Å². The number of primary amides is 1. The summed E-state index contributed by atoms with van der Waals surface area (Å²) in [7, 11) is 0. The average Bonchev–Trinajstić information content (AvgIpc) is 2.32. The Hall–Kier alpha value is -1.23. The number of carbonyl (C=O) groups excluding carboxylic acids is 1. The van der Waals surface area contributed by atoms with Crippen LogP contribution in [0.4, 0.5) is 11.4 Å². The highest BCUT2D eigenvalue weighted by Crippen LogP contribution is 2.30. The Bertz CT molecular complexity index is 436. The Morgan fingerprint density at radius 3 is 2.94 bits per heavy atom. The molecule has 1 aromatic carbocycles. The zero-order valence-electron chi connectivity index (χ0n) is 9.53. The number of hydrogen-bond acceptors (Lipinski definition) is 3. The number of nitrogens with two attached hydrogens (primary N) is 2. The number of nitrogen functional groups attached to an aromatic ring is 1. The first-order valence-corrected chi connectivity index (χ1v) is 6.46. The van der Waals surface area contributed by atoms with Crippen LogP contribution < -0.4 is 16.4 Å². The number of hydrogen-bond donors (Lipinski definition) is 2. The summed E-state index contributed by atoms with van der Waals surface area (Å²) in [4.78, 5) is 13.4. The quantitative estimate of drug-likeness (QED) is 0.817. The van der Waals surface area contributed by atoms with Gasteiger partial charge in [-0.1, -0.05) is 15.9 Å². The number of rotatable bonds is 2. The minimum atomic E-state index is -0.219. The SMILES string of the molecule is NC(=O)C1CCCN(c2cc(Br)ccc2N)C1. The topological polar surface area (TPSA) is 72.4 Å². The summed E-state index contributed by atoms with van der Waals surface area (Å²) < 4.78 is 0.989. The maximum absolute atomic E-state index is 11.2. The molecule has 1 fully saturated rings. The number of benzene rings is 1. The average molecular weight is 298 g/mol. The zero-order chi connectivity index (χ0) is 12.4. The van der Waals surface area contributed by atoms with E-state index in [9.17, 15) is 4.79 Å². The van der Waals surface area contributed by atoms with Gasteiger partial charge >= 0.3 is 0 Å². The molecule has 1 unspecified atom stereocenters. The number of carbonyl (C=O) groups is 1. The summed E-state index contributed by atoms with van der Waals surface area (Å²) in [5.41, 5.74) is 13.0. The molecule has 4 N–H and O–H groups in total. The maximum Gasteiger partial charge on any atom is 0.222 e. The molecule has 17 heavy (non-hydrogen) atoms. The lowest BCUT2D eigenvalue weighted by atomic mass is 9.97. The lowest BCUT2D eigenvalue weighted by molar-refractivity contribution is -0.122. The number of nitrogens with zero attached hydrogens (tertiary/aromatic N) is 1. The zero-order valence-corrected chi connectivity index (χ0v) is 11.1. The van der Waals surface area contributed by atoms with E-state index in [1.807, 2.05) is 18.2 Å². The monoisotopic (exact) mass is 297 g/mol. The molecule has 1 aliphatic rings. The van der Waals surface area contributed by atoms with Crippen molar-refractivity contribution in [3.05, 3.63) is 22.7 Å². The number of anilines is 2. The van der Waals surface area contributed by atoms with E-state index in [1.165, 1.54) is 0 Å². The van der Waals surface area contributed by atoms with Crippen LogP contribution in [0.15, 0.2) is 22.7 Å². The van der Waals surface area contributed by atoms with Crippen molar-refractivity contribution in [1.82, 2.24) is 0 Å². The number of halogens is 1. The predicted molar refractivity (Wildman–Crippen MR) is 72.7 cm³/mol. The van der Waals surface area contributed by atoms with Gasteiger partial charge in [0.15, 0.2) is 0 Å². The van der Waals surface area contributed by atoms with Gasteiger partial charge < -0.3 is 16.4 Å². The highest BCUT2D eigenvalue weighted by Gasteiger charge is 2.25. The number of piperidine rings is 1. The van der Waals surface area contributed by atoms with Crippen LogP contribution in [0.1, 0.15) is 12.8 Å². The van der Waals surface area contributed by atoms with Gasteiger partial charge in [0.1, 0.15) is 0 Å². The van der Waals surface area contributed by atoms with Crippen LogP contribution in [0.25, 0.3) is 0 Å². The standard InChI is InChI=1S/C12H16BrN3O/c13-9-3-4-10(14)11(6-9)16-5-1-2-8(7-16)12(15)17/h3-4,6,8H,1-2,5,7,14H2,(H2,15,17). The Morgan fingerprint density at radius 1 is 1.47 bits per heavy atom. The molecule has 92 valence electrons. The van der Waals surface area contributed by atoms with Gasteiger partial charge in [-0.2, -0.15) is 0 Å². The van der Waals surface area contributed by atoms with E-state index in [-0.39, 0.29) is 11.8 Å².